The highest BCUT2D eigenvalue weighted by Gasteiger charge is 2.33. The van der Waals surface area contributed by atoms with Crippen LogP contribution in [0, 0.1) is 5.92 Å². The van der Waals surface area contributed by atoms with Crippen LogP contribution in [-0.4, -0.2) is 67.9 Å². The lowest BCUT2D eigenvalue weighted by Gasteiger charge is -2.21. The number of rotatable bonds is 7. The van der Waals surface area contributed by atoms with Gasteiger partial charge in [0.2, 0.25) is 10.0 Å². The zero-order valence-corrected chi connectivity index (χ0v) is 16.0. The van der Waals surface area contributed by atoms with E-state index in [-0.39, 0.29) is 22.8 Å². The summed E-state index contributed by atoms with van der Waals surface area (Å²) in [6.45, 7) is 4.54. The molecule has 1 aromatic carbocycles. The molecule has 8 nitrogen and oxygen atoms in total. The van der Waals surface area contributed by atoms with Gasteiger partial charge in [-0.25, -0.2) is 8.42 Å². The van der Waals surface area contributed by atoms with Crippen LogP contribution in [0.25, 0.3) is 0 Å². The molecule has 1 aliphatic rings. The van der Waals surface area contributed by atoms with E-state index in [0.717, 1.165) is 0 Å². The lowest BCUT2D eigenvalue weighted by Crippen LogP contribution is -2.32. The monoisotopic (exact) mass is 384 g/mol. The van der Waals surface area contributed by atoms with Crippen LogP contribution in [0.3, 0.4) is 0 Å². The van der Waals surface area contributed by atoms with Gasteiger partial charge in [0.1, 0.15) is 5.75 Å². The van der Waals surface area contributed by atoms with E-state index in [1.165, 1.54) is 34.5 Å². The molecule has 0 aromatic heterocycles. The summed E-state index contributed by atoms with van der Waals surface area (Å²) in [7, 11) is -2.32. The van der Waals surface area contributed by atoms with E-state index < -0.39 is 27.8 Å². The largest absolute Gasteiger partial charge is 0.496 e. The number of carboxylic acid groups (broad SMARTS) is 1. The maximum atomic E-state index is 12.8. The Hall–Kier alpha value is -2.13. The molecular formula is C17H24N2O6S. The van der Waals surface area contributed by atoms with E-state index in [0.29, 0.717) is 26.1 Å². The number of ether oxygens (including phenoxy) is 1. The lowest BCUT2D eigenvalue weighted by atomic mass is 10.1. The third-order valence-electron chi connectivity index (χ3n) is 4.57. The van der Waals surface area contributed by atoms with E-state index in [9.17, 15) is 18.0 Å². The van der Waals surface area contributed by atoms with Gasteiger partial charge in [0.15, 0.2) is 0 Å². The SMILES string of the molecule is CCN(CC)S(=O)(=O)c1ccc(OC)c(C(=O)N2CCC(C(=O)O)C2)c1. The highest BCUT2D eigenvalue weighted by atomic mass is 32.2. The number of carbonyl (C=O) groups is 2. The average Bonchev–Trinajstić information content (AvgIpc) is 3.11. The predicted octanol–water partition coefficient (Wildman–Crippen LogP) is 1.27. The molecular weight excluding hydrogens is 360 g/mol. The molecule has 1 N–H and O–H groups in total. The maximum absolute atomic E-state index is 12.8. The minimum absolute atomic E-state index is 0.0133. The second-order valence-electron chi connectivity index (χ2n) is 6.03. The zero-order chi connectivity index (χ0) is 19.5. The van der Waals surface area contributed by atoms with Gasteiger partial charge in [-0.15, -0.1) is 0 Å². The van der Waals surface area contributed by atoms with Crippen LogP contribution in [0.15, 0.2) is 23.1 Å². The first kappa shape index (κ1) is 20.2. The Kier molecular flexibility index (Phi) is 6.25. The van der Waals surface area contributed by atoms with E-state index in [2.05, 4.69) is 0 Å². The Morgan fingerprint density at radius 2 is 1.96 bits per heavy atom. The molecule has 1 aromatic rings. The molecule has 1 fully saturated rings. The first-order valence-corrected chi connectivity index (χ1v) is 9.90. The number of benzene rings is 1. The minimum atomic E-state index is -3.72. The Morgan fingerprint density at radius 3 is 2.46 bits per heavy atom. The Balaban J connectivity index is 2.39. The van der Waals surface area contributed by atoms with Crippen LogP contribution in [0.4, 0.5) is 0 Å². The van der Waals surface area contributed by atoms with Crippen molar-refractivity contribution in [2.45, 2.75) is 25.2 Å². The summed E-state index contributed by atoms with van der Waals surface area (Å²) in [4.78, 5) is 25.4. The quantitative estimate of drug-likeness (QED) is 0.759. The molecule has 2 rings (SSSR count). The normalized spacial score (nSPS) is 17.5. The van der Waals surface area contributed by atoms with Gasteiger partial charge in [-0.2, -0.15) is 4.31 Å². The Labute approximate surface area is 153 Å². The minimum Gasteiger partial charge on any atom is -0.496 e. The van der Waals surface area contributed by atoms with Crippen molar-refractivity contribution in [3.63, 3.8) is 0 Å². The number of hydrogen-bond acceptors (Lipinski definition) is 5. The third kappa shape index (κ3) is 3.83. The topological polar surface area (TPSA) is 104 Å². The zero-order valence-electron chi connectivity index (χ0n) is 15.1. The van der Waals surface area contributed by atoms with E-state index in [4.69, 9.17) is 9.84 Å². The highest BCUT2D eigenvalue weighted by molar-refractivity contribution is 7.89. The van der Waals surface area contributed by atoms with Gasteiger partial charge in [0.25, 0.3) is 5.91 Å². The van der Waals surface area contributed by atoms with Gasteiger partial charge in [-0.1, -0.05) is 13.8 Å². The number of amides is 1. The first-order valence-electron chi connectivity index (χ1n) is 8.46. The summed E-state index contributed by atoms with van der Waals surface area (Å²) in [5.41, 5.74) is 0.117. The van der Waals surface area contributed by atoms with E-state index >= 15 is 0 Å². The number of carbonyl (C=O) groups excluding carboxylic acids is 1. The fourth-order valence-corrected chi connectivity index (χ4v) is 4.53. The van der Waals surface area contributed by atoms with Crippen molar-refractivity contribution in [3.05, 3.63) is 23.8 Å². The Morgan fingerprint density at radius 1 is 1.31 bits per heavy atom. The average molecular weight is 384 g/mol. The highest BCUT2D eigenvalue weighted by Crippen LogP contribution is 2.28. The lowest BCUT2D eigenvalue weighted by molar-refractivity contribution is -0.141. The summed E-state index contributed by atoms with van der Waals surface area (Å²) < 4.78 is 31.9. The summed E-state index contributed by atoms with van der Waals surface area (Å²) >= 11 is 0. The van der Waals surface area contributed by atoms with Crippen molar-refractivity contribution in [1.82, 2.24) is 9.21 Å². The molecule has 0 aliphatic carbocycles. The molecule has 144 valence electrons. The van der Waals surface area contributed by atoms with Crippen molar-refractivity contribution in [1.29, 1.82) is 0 Å². The van der Waals surface area contributed by atoms with Crippen molar-refractivity contribution >= 4 is 21.9 Å². The molecule has 26 heavy (non-hydrogen) atoms. The van der Waals surface area contributed by atoms with E-state index in [1.54, 1.807) is 13.8 Å². The number of likely N-dealkylation sites (tertiary alicyclic amines) is 1. The van der Waals surface area contributed by atoms with Crippen LogP contribution in [0.5, 0.6) is 5.75 Å². The molecule has 1 unspecified atom stereocenters. The van der Waals surface area contributed by atoms with Gasteiger partial charge in [-0.05, 0) is 24.6 Å². The molecule has 1 heterocycles. The number of nitrogens with zero attached hydrogens (tertiary/aromatic N) is 2. The van der Waals surface area contributed by atoms with Crippen molar-refractivity contribution in [3.8, 4) is 5.75 Å². The van der Waals surface area contributed by atoms with Gasteiger partial charge >= 0.3 is 5.97 Å². The number of sulfonamides is 1. The van der Waals surface area contributed by atoms with Crippen molar-refractivity contribution in [2.24, 2.45) is 5.92 Å². The fourth-order valence-electron chi connectivity index (χ4n) is 3.04. The second-order valence-corrected chi connectivity index (χ2v) is 7.96. The van der Waals surface area contributed by atoms with E-state index in [1.807, 2.05) is 0 Å². The van der Waals surface area contributed by atoms with Crippen molar-refractivity contribution in [2.75, 3.05) is 33.3 Å². The van der Waals surface area contributed by atoms with Gasteiger partial charge in [-0.3, -0.25) is 9.59 Å². The number of methoxy groups -OCH3 is 1. The summed E-state index contributed by atoms with van der Waals surface area (Å²) in [5, 5.41) is 9.10. The molecule has 9 heteroatoms. The van der Waals surface area contributed by atoms with Crippen LogP contribution < -0.4 is 4.74 Å². The van der Waals surface area contributed by atoms with Crippen LogP contribution >= 0.6 is 0 Å². The molecule has 0 spiro atoms. The van der Waals surface area contributed by atoms with Gasteiger partial charge in [0, 0.05) is 26.2 Å². The van der Waals surface area contributed by atoms with Crippen LogP contribution in [0.2, 0.25) is 0 Å². The van der Waals surface area contributed by atoms with Gasteiger partial charge in [0.05, 0.1) is 23.5 Å². The predicted molar refractivity (Wildman–Crippen MR) is 94.7 cm³/mol. The van der Waals surface area contributed by atoms with Crippen LogP contribution in [0.1, 0.15) is 30.6 Å². The summed E-state index contributed by atoms with van der Waals surface area (Å²) in [6.07, 6.45) is 0.376. The molecule has 1 amide bonds. The number of hydrogen-bond donors (Lipinski definition) is 1. The van der Waals surface area contributed by atoms with Gasteiger partial charge < -0.3 is 14.7 Å². The Bertz CT molecular complexity index is 788. The molecule has 1 atom stereocenters. The second kappa shape index (κ2) is 8.05. The molecule has 0 saturated carbocycles. The first-order chi connectivity index (χ1) is 12.3. The molecule has 1 aliphatic heterocycles. The fraction of sp³-hybridized carbons (Fsp3) is 0.529. The van der Waals surface area contributed by atoms with Crippen molar-refractivity contribution < 1.29 is 27.9 Å². The smallest absolute Gasteiger partial charge is 0.308 e. The van der Waals surface area contributed by atoms with Crippen LogP contribution in [-0.2, 0) is 14.8 Å². The molecule has 0 radical (unpaired) electrons. The third-order valence-corrected chi connectivity index (χ3v) is 6.62. The molecule has 1 saturated heterocycles. The standard InChI is InChI=1S/C17H24N2O6S/c1-4-19(5-2)26(23,24)13-6-7-15(25-3)14(10-13)16(20)18-9-8-12(11-18)17(21)22/h6-7,10,12H,4-5,8-9,11H2,1-3H3,(H,21,22). The molecule has 0 bridgehead atoms. The summed E-state index contributed by atoms with van der Waals surface area (Å²) in [5.74, 6) is -1.72. The maximum Gasteiger partial charge on any atom is 0.308 e. The summed E-state index contributed by atoms with van der Waals surface area (Å²) in [6, 6.07) is 4.17. The number of carboxylic acids is 1. The number of aliphatic carboxylic acids is 1.